The van der Waals surface area contributed by atoms with E-state index in [1.807, 2.05) is 30.3 Å². The van der Waals surface area contributed by atoms with Crippen molar-refractivity contribution in [3.63, 3.8) is 0 Å². The van der Waals surface area contributed by atoms with Crippen LogP contribution in [-0.2, 0) is 13.6 Å². The average Bonchev–Trinajstić information content (AvgIpc) is 2.52. The zero-order valence-electron chi connectivity index (χ0n) is 13.1. The zero-order chi connectivity index (χ0) is 16.9. The van der Waals surface area contributed by atoms with Crippen molar-refractivity contribution in [2.24, 2.45) is 0 Å². The lowest BCUT2D eigenvalue weighted by Crippen LogP contribution is -2.09. The third-order valence-corrected chi connectivity index (χ3v) is 6.27. The van der Waals surface area contributed by atoms with E-state index in [0.29, 0.717) is 5.56 Å². The maximum Gasteiger partial charge on any atom is 0.342 e. The second-order valence-electron chi connectivity index (χ2n) is 4.89. The van der Waals surface area contributed by atoms with Crippen LogP contribution in [0, 0.1) is 0 Å². The van der Waals surface area contributed by atoms with E-state index in [1.165, 1.54) is 0 Å². The Labute approximate surface area is 145 Å². The highest BCUT2D eigenvalue weighted by Gasteiger charge is 2.39. The number of phenols is 1. The van der Waals surface area contributed by atoms with Crippen LogP contribution in [0.5, 0.6) is 5.75 Å². The van der Waals surface area contributed by atoms with Crippen molar-refractivity contribution < 1.29 is 18.7 Å². The molecule has 1 N–H and O–H groups in total. The van der Waals surface area contributed by atoms with Gasteiger partial charge in [0, 0.05) is 10.0 Å². The van der Waals surface area contributed by atoms with Crippen molar-refractivity contribution in [2.45, 2.75) is 19.5 Å². The first kappa shape index (κ1) is 18.2. The molecule has 0 aliphatic carbocycles. The Morgan fingerprint density at radius 3 is 2.26 bits per heavy atom. The number of benzene rings is 2. The van der Waals surface area contributed by atoms with Gasteiger partial charge in [-0.3, -0.25) is 4.57 Å². The Morgan fingerprint density at radius 2 is 1.70 bits per heavy atom. The second-order valence-corrected chi connectivity index (χ2v) is 7.92. The van der Waals surface area contributed by atoms with Gasteiger partial charge < -0.3 is 14.2 Å². The number of rotatable bonds is 7. The summed E-state index contributed by atoms with van der Waals surface area (Å²) in [4.78, 5) is 0. The fourth-order valence-corrected chi connectivity index (χ4v) is 5.01. The third kappa shape index (κ3) is 4.24. The lowest BCUT2D eigenvalue weighted by Gasteiger charge is -2.27. The summed E-state index contributed by atoms with van der Waals surface area (Å²) in [6.45, 7) is 4.06. The summed E-state index contributed by atoms with van der Waals surface area (Å²) in [6.07, 6.45) is 0. The van der Waals surface area contributed by atoms with Crippen molar-refractivity contribution in [3.8, 4) is 5.75 Å². The van der Waals surface area contributed by atoms with Crippen LogP contribution in [0.3, 0.4) is 0 Å². The second kappa shape index (κ2) is 8.11. The quantitative estimate of drug-likeness (QED) is 0.624. The van der Waals surface area contributed by atoms with Gasteiger partial charge >= 0.3 is 7.60 Å². The minimum Gasteiger partial charge on any atom is -0.508 e. The fraction of sp³-hybridized carbons (Fsp3) is 0.294. The molecule has 4 nitrogen and oxygen atoms in total. The van der Waals surface area contributed by atoms with Crippen LogP contribution < -0.4 is 0 Å². The standard InChI is InChI=1S/C17H20BrO4P/c1-3-21-23(20,22-4-2)17(13-8-6-5-7-9-13)15-12-14(18)10-11-16(15)19/h5-12,17,19H,3-4H2,1-2H3. The fourth-order valence-electron chi connectivity index (χ4n) is 2.46. The van der Waals surface area contributed by atoms with Gasteiger partial charge in [-0.2, -0.15) is 0 Å². The number of phenolic OH excluding ortho intramolecular Hbond substituents is 1. The smallest absolute Gasteiger partial charge is 0.342 e. The number of hydrogen-bond donors (Lipinski definition) is 1. The topological polar surface area (TPSA) is 55.8 Å². The molecule has 0 aliphatic heterocycles. The molecule has 0 heterocycles. The number of halogens is 1. The molecule has 0 amide bonds. The van der Waals surface area contributed by atoms with Gasteiger partial charge in [-0.15, -0.1) is 0 Å². The van der Waals surface area contributed by atoms with Crippen molar-refractivity contribution in [1.29, 1.82) is 0 Å². The zero-order valence-corrected chi connectivity index (χ0v) is 15.6. The van der Waals surface area contributed by atoms with Crippen LogP contribution in [0.15, 0.2) is 53.0 Å². The van der Waals surface area contributed by atoms with E-state index in [-0.39, 0.29) is 19.0 Å². The molecular weight excluding hydrogens is 379 g/mol. The Balaban J connectivity index is 2.65. The monoisotopic (exact) mass is 398 g/mol. The summed E-state index contributed by atoms with van der Waals surface area (Å²) in [5.74, 6) is 0.0571. The van der Waals surface area contributed by atoms with E-state index < -0.39 is 13.3 Å². The summed E-state index contributed by atoms with van der Waals surface area (Å²) in [5.41, 5.74) is 0.586. The van der Waals surface area contributed by atoms with Crippen molar-refractivity contribution in [1.82, 2.24) is 0 Å². The van der Waals surface area contributed by atoms with Crippen molar-refractivity contribution in [2.75, 3.05) is 13.2 Å². The van der Waals surface area contributed by atoms with E-state index >= 15 is 0 Å². The molecule has 1 atom stereocenters. The van der Waals surface area contributed by atoms with E-state index in [9.17, 15) is 9.67 Å². The maximum absolute atomic E-state index is 13.4. The number of aromatic hydroxyl groups is 1. The van der Waals surface area contributed by atoms with Crippen LogP contribution in [0.25, 0.3) is 0 Å². The highest BCUT2D eigenvalue weighted by atomic mass is 79.9. The molecule has 2 aromatic rings. The predicted molar refractivity (Wildman–Crippen MR) is 95.0 cm³/mol. The van der Waals surface area contributed by atoms with E-state index in [0.717, 1.165) is 10.0 Å². The van der Waals surface area contributed by atoms with Crippen molar-refractivity contribution in [3.05, 3.63) is 64.1 Å². The van der Waals surface area contributed by atoms with Crippen LogP contribution in [-0.4, -0.2) is 18.3 Å². The van der Waals surface area contributed by atoms with Gasteiger partial charge in [-0.1, -0.05) is 46.3 Å². The van der Waals surface area contributed by atoms with E-state index in [1.54, 1.807) is 32.0 Å². The van der Waals surface area contributed by atoms with Crippen LogP contribution in [0.2, 0.25) is 0 Å². The molecule has 124 valence electrons. The first-order valence-corrected chi connectivity index (χ1v) is 9.84. The van der Waals surface area contributed by atoms with Gasteiger partial charge in [0.25, 0.3) is 0 Å². The third-order valence-electron chi connectivity index (χ3n) is 3.33. The van der Waals surface area contributed by atoms with Gasteiger partial charge in [0.2, 0.25) is 0 Å². The summed E-state index contributed by atoms with van der Waals surface area (Å²) in [5, 5.41) is 10.3. The van der Waals surface area contributed by atoms with E-state index in [4.69, 9.17) is 9.05 Å². The molecule has 6 heteroatoms. The van der Waals surface area contributed by atoms with Gasteiger partial charge in [0.05, 0.1) is 13.2 Å². The largest absolute Gasteiger partial charge is 0.508 e. The first-order valence-electron chi connectivity index (χ1n) is 7.44. The molecular formula is C17H20BrO4P. The lowest BCUT2D eigenvalue weighted by molar-refractivity contribution is 0.214. The van der Waals surface area contributed by atoms with Crippen LogP contribution >= 0.6 is 23.5 Å². The summed E-state index contributed by atoms with van der Waals surface area (Å²) >= 11 is 3.40. The molecule has 0 spiro atoms. The summed E-state index contributed by atoms with van der Waals surface area (Å²) < 4.78 is 25.3. The molecule has 0 saturated heterocycles. The Morgan fingerprint density at radius 1 is 1.09 bits per heavy atom. The number of hydrogen-bond acceptors (Lipinski definition) is 4. The lowest BCUT2D eigenvalue weighted by atomic mass is 10.0. The van der Waals surface area contributed by atoms with Crippen LogP contribution in [0.4, 0.5) is 0 Å². The Bertz CT molecular complexity index is 680. The van der Waals surface area contributed by atoms with Gasteiger partial charge in [0.15, 0.2) is 0 Å². The minimum atomic E-state index is -3.50. The SMILES string of the molecule is CCOP(=O)(OCC)C(c1ccccc1)c1cc(Br)ccc1O. The van der Waals surface area contributed by atoms with Gasteiger partial charge in [0.1, 0.15) is 11.4 Å². The Kier molecular flexibility index (Phi) is 6.42. The summed E-state index contributed by atoms with van der Waals surface area (Å²) in [7, 11) is -3.50. The first-order chi connectivity index (χ1) is 11.0. The predicted octanol–water partition coefficient (Wildman–Crippen LogP) is 5.51. The van der Waals surface area contributed by atoms with Gasteiger partial charge in [-0.25, -0.2) is 0 Å². The highest BCUT2D eigenvalue weighted by Crippen LogP contribution is 2.64. The molecule has 1 unspecified atom stereocenters. The highest BCUT2D eigenvalue weighted by molar-refractivity contribution is 9.10. The summed E-state index contributed by atoms with van der Waals surface area (Å²) in [6, 6.07) is 14.4. The van der Waals surface area contributed by atoms with Crippen LogP contribution in [0.1, 0.15) is 30.6 Å². The molecule has 0 radical (unpaired) electrons. The molecule has 2 aromatic carbocycles. The Hall–Kier alpha value is -1.13. The molecule has 0 saturated carbocycles. The van der Waals surface area contributed by atoms with Gasteiger partial charge in [-0.05, 0) is 37.6 Å². The molecule has 2 rings (SSSR count). The van der Waals surface area contributed by atoms with E-state index in [2.05, 4.69) is 15.9 Å². The molecule has 23 heavy (non-hydrogen) atoms. The average molecular weight is 399 g/mol. The molecule has 0 bridgehead atoms. The minimum absolute atomic E-state index is 0.0571. The molecule has 0 aliphatic rings. The molecule has 0 fully saturated rings. The normalized spacial score (nSPS) is 13.0. The molecule has 0 aromatic heterocycles. The maximum atomic E-state index is 13.4. The van der Waals surface area contributed by atoms with Crippen molar-refractivity contribution >= 4 is 23.5 Å².